The van der Waals surface area contributed by atoms with E-state index in [2.05, 4.69) is 21.5 Å². The molecule has 17 heavy (non-hydrogen) atoms. The lowest BCUT2D eigenvalue weighted by atomic mass is 10.1. The second-order valence-electron chi connectivity index (χ2n) is 3.64. The van der Waals surface area contributed by atoms with E-state index in [-0.39, 0.29) is 17.6 Å². The number of rotatable bonds is 3. The minimum atomic E-state index is -0.519. The van der Waals surface area contributed by atoms with Gasteiger partial charge in [-0.2, -0.15) is 9.90 Å². The number of carbonyl (C=O) groups excluding carboxylic acids is 2. The molecule has 0 N–H and O–H groups in total. The van der Waals surface area contributed by atoms with Crippen molar-refractivity contribution in [3.63, 3.8) is 0 Å². The molecule has 0 bridgehead atoms. The maximum Gasteiger partial charge on any atom is 0.360 e. The van der Waals surface area contributed by atoms with Crippen LogP contribution in [0.25, 0.3) is 0 Å². The highest BCUT2D eigenvalue weighted by Gasteiger charge is 2.32. The summed E-state index contributed by atoms with van der Waals surface area (Å²) < 4.78 is 4.53. The molecule has 0 unspecified atom stereocenters. The van der Waals surface area contributed by atoms with Crippen molar-refractivity contribution in [3.8, 4) is 0 Å². The Morgan fingerprint density at radius 1 is 1.59 bits per heavy atom. The number of hydrogen-bond acceptors (Lipinski definition) is 5. The first-order valence-corrected chi connectivity index (χ1v) is 5.07. The first-order valence-electron chi connectivity index (χ1n) is 5.07. The van der Waals surface area contributed by atoms with E-state index in [0.29, 0.717) is 13.1 Å². The molecule has 0 radical (unpaired) electrons. The SMILES string of the molecule is C=CC(=O)N1CC(n2ncc(C(=O)OC)n2)C1. The number of aromatic nitrogens is 3. The molecular weight excluding hydrogens is 224 g/mol. The molecule has 1 aromatic heterocycles. The zero-order valence-electron chi connectivity index (χ0n) is 9.37. The molecule has 2 rings (SSSR count). The first-order chi connectivity index (χ1) is 8.15. The standard InChI is InChI=1S/C10H12N4O3/c1-3-9(15)13-5-7(6-13)14-11-4-8(12-14)10(16)17-2/h3-4,7H,1,5-6H2,2H3. The quantitative estimate of drug-likeness (QED) is 0.528. The molecule has 1 saturated heterocycles. The van der Waals surface area contributed by atoms with Crippen LogP contribution in [0, 0.1) is 0 Å². The largest absolute Gasteiger partial charge is 0.464 e. The lowest BCUT2D eigenvalue weighted by Crippen LogP contribution is -2.50. The fourth-order valence-electron chi connectivity index (χ4n) is 1.56. The molecular formula is C10H12N4O3. The summed E-state index contributed by atoms with van der Waals surface area (Å²) in [5.74, 6) is -0.629. The molecule has 0 aromatic carbocycles. The van der Waals surface area contributed by atoms with Gasteiger partial charge in [0.25, 0.3) is 0 Å². The van der Waals surface area contributed by atoms with Crippen LogP contribution in [0.15, 0.2) is 18.9 Å². The van der Waals surface area contributed by atoms with Gasteiger partial charge in [-0.25, -0.2) is 4.79 Å². The molecule has 7 nitrogen and oxygen atoms in total. The average molecular weight is 236 g/mol. The van der Waals surface area contributed by atoms with E-state index in [0.717, 1.165) is 0 Å². The Kier molecular flexibility index (Phi) is 2.90. The molecule has 1 fully saturated rings. The molecule has 0 spiro atoms. The monoisotopic (exact) mass is 236 g/mol. The third-order valence-electron chi connectivity index (χ3n) is 2.58. The number of nitrogens with zero attached hydrogens (tertiary/aromatic N) is 4. The van der Waals surface area contributed by atoms with E-state index in [1.54, 1.807) is 4.90 Å². The smallest absolute Gasteiger partial charge is 0.360 e. The zero-order valence-corrected chi connectivity index (χ0v) is 9.37. The third kappa shape index (κ3) is 2.03. The second kappa shape index (κ2) is 4.36. The molecule has 1 aliphatic heterocycles. The number of esters is 1. The van der Waals surface area contributed by atoms with Gasteiger partial charge in [0.05, 0.1) is 13.3 Å². The maximum atomic E-state index is 11.2. The van der Waals surface area contributed by atoms with E-state index in [4.69, 9.17) is 0 Å². The Morgan fingerprint density at radius 2 is 2.29 bits per heavy atom. The highest BCUT2D eigenvalue weighted by atomic mass is 16.5. The minimum absolute atomic E-state index is 0.0114. The molecule has 0 atom stereocenters. The van der Waals surface area contributed by atoms with Gasteiger partial charge in [0.1, 0.15) is 6.04 Å². The van der Waals surface area contributed by atoms with Gasteiger partial charge in [-0.3, -0.25) is 4.79 Å². The van der Waals surface area contributed by atoms with Gasteiger partial charge in [-0.05, 0) is 6.08 Å². The van der Waals surface area contributed by atoms with E-state index < -0.39 is 5.97 Å². The molecule has 7 heteroatoms. The second-order valence-corrected chi connectivity index (χ2v) is 3.64. The minimum Gasteiger partial charge on any atom is -0.464 e. The van der Waals surface area contributed by atoms with E-state index >= 15 is 0 Å². The summed E-state index contributed by atoms with van der Waals surface area (Å²) in [4.78, 5) is 25.4. The van der Waals surface area contributed by atoms with Gasteiger partial charge in [-0.1, -0.05) is 6.58 Å². The summed E-state index contributed by atoms with van der Waals surface area (Å²) in [6.07, 6.45) is 2.62. The number of likely N-dealkylation sites (tertiary alicyclic amines) is 1. The van der Waals surface area contributed by atoms with E-state index in [1.807, 2.05) is 0 Å². The number of ether oxygens (including phenoxy) is 1. The zero-order chi connectivity index (χ0) is 12.4. The van der Waals surface area contributed by atoms with Gasteiger partial charge >= 0.3 is 5.97 Å². The van der Waals surface area contributed by atoms with Crippen LogP contribution in [-0.2, 0) is 9.53 Å². The van der Waals surface area contributed by atoms with Crippen molar-refractivity contribution in [2.24, 2.45) is 0 Å². The summed E-state index contributed by atoms with van der Waals surface area (Å²) >= 11 is 0. The Bertz CT molecular complexity index is 462. The summed E-state index contributed by atoms with van der Waals surface area (Å²) in [5, 5.41) is 7.96. The van der Waals surface area contributed by atoms with Crippen molar-refractivity contribution in [3.05, 3.63) is 24.5 Å². The fraction of sp³-hybridized carbons (Fsp3) is 0.400. The van der Waals surface area contributed by atoms with Crippen molar-refractivity contribution in [2.45, 2.75) is 6.04 Å². The molecule has 0 saturated carbocycles. The normalized spacial score (nSPS) is 15.2. The lowest BCUT2D eigenvalue weighted by Gasteiger charge is -2.37. The number of methoxy groups -OCH3 is 1. The molecule has 1 aromatic rings. The van der Waals surface area contributed by atoms with Gasteiger partial charge in [-0.15, -0.1) is 5.10 Å². The number of hydrogen-bond donors (Lipinski definition) is 0. The lowest BCUT2D eigenvalue weighted by molar-refractivity contribution is -0.131. The molecule has 1 amide bonds. The highest BCUT2D eigenvalue weighted by molar-refractivity contribution is 5.87. The molecule has 2 heterocycles. The summed E-state index contributed by atoms with van der Waals surface area (Å²) in [6, 6.07) is 0.0114. The van der Waals surface area contributed by atoms with Crippen LogP contribution in [0.4, 0.5) is 0 Å². The van der Waals surface area contributed by atoms with Crippen LogP contribution in [0.5, 0.6) is 0 Å². The molecule has 1 aliphatic rings. The van der Waals surface area contributed by atoms with Crippen LogP contribution in [0.1, 0.15) is 16.5 Å². The molecule has 90 valence electrons. The van der Waals surface area contributed by atoms with Gasteiger partial charge in [0.2, 0.25) is 5.91 Å². The number of carbonyl (C=O) groups is 2. The van der Waals surface area contributed by atoms with Crippen molar-refractivity contribution >= 4 is 11.9 Å². The Balaban J connectivity index is 1.97. The van der Waals surface area contributed by atoms with Crippen LogP contribution < -0.4 is 0 Å². The van der Waals surface area contributed by atoms with E-state index in [9.17, 15) is 9.59 Å². The fourth-order valence-corrected chi connectivity index (χ4v) is 1.56. The molecule has 0 aliphatic carbocycles. The van der Waals surface area contributed by atoms with Crippen molar-refractivity contribution in [1.29, 1.82) is 0 Å². The van der Waals surface area contributed by atoms with Crippen LogP contribution in [0.2, 0.25) is 0 Å². The summed E-state index contributed by atoms with van der Waals surface area (Å²) in [5.41, 5.74) is 0.168. The summed E-state index contributed by atoms with van der Waals surface area (Å²) in [7, 11) is 1.29. The first kappa shape index (κ1) is 11.3. The van der Waals surface area contributed by atoms with Gasteiger partial charge in [0, 0.05) is 13.1 Å². The van der Waals surface area contributed by atoms with Crippen molar-refractivity contribution < 1.29 is 14.3 Å². The summed E-state index contributed by atoms with van der Waals surface area (Å²) in [6.45, 7) is 4.47. The van der Waals surface area contributed by atoms with E-state index in [1.165, 1.54) is 24.2 Å². The highest BCUT2D eigenvalue weighted by Crippen LogP contribution is 2.19. The Labute approximate surface area is 97.6 Å². The predicted molar refractivity (Wildman–Crippen MR) is 57.2 cm³/mol. The van der Waals surface area contributed by atoms with Gasteiger partial charge in [0.15, 0.2) is 5.69 Å². The van der Waals surface area contributed by atoms with Crippen LogP contribution in [-0.4, -0.2) is 52.0 Å². The predicted octanol–water partition coefficient (Wildman–Crippen LogP) is -0.366. The van der Waals surface area contributed by atoms with Crippen molar-refractivity contribution in [1.82, 2.24) is 19.9 Å². The maximum absolute atomic E-state index is 11.2. The Hall–Kier alpha value is -2.18. The van der Waals surface area contributed by atoms with Crippen LogP contribution in [0.3, 0.4) is 0 Å². The van der Waals surface area contributed by atoms with Crippen LogP contribution >= 0.6 is 0 Å². The average Bonchev–Trinajstić information content (AvgIpc) is 2.75. The Morgan fingerprint density at radius 3 is 2.88 bits per heavy atom. The van der Waals surface area contributed by atoms with Gasteiger partial charge < -0.3 is 9.64 Å². The number of amides is 1. The third-order valence-corrected chi connectivity index (χ3v) is 2.58. The van der Waals surface area contributed by atoms with Crippen molar-refractivity contribution in [2.75, 3.05) is 20.2 Å². The topological polar surface area (TPSA) is 77.3 Å².